The van der Waals surface area contributed by atoms with Gasteiger partial charge in [-0.25, -0.2) is 0 Å². The Bertz CT molecular complexity index is 147. The van der Waals surface area contributed by atoms with Crippen LogP contribution < -0.4 is 5.73 Å². The van der Waals surface area contributed by atoms with Crippen molar-refractivity contribution in [2.45, 2.75) is 39.5 Å². The number of nitrogens with two attached hydrogens (primary N) is 1. The van der Waals surface area contributed by atoms with E-state index in [1.165, 1.54) is 25.7 Å². The molecule has 2 heteroatoms. The lowest BCUT2D eigenvalue weighted by Crippen LogP contribution is -2.30. The fraction of sp³-hybridized carbons (Fsp3) is 1.00. The molecule has 1 fully saturated rings. The zero-order chi connectivity index (χ0) is 10.4. The van der Waals surface area contributed by atoms with Gasteiger partial charge in [-0.2, -0.15) is 0 Å². The molecule has 2 N–H and O–H groups in total. The largest absolute Gasteiger partial charge is 0.381 e. The van der Waals surface area contributed by atoms with Crippen molar-refractivity contribution in [3.63, 3.8) is 0 Å². The Balaban J connectivity index is 2.19. The number of hydrogen-bond acceptors (Lipinski definition) is 2. The van der Waals surface area contributed by atoms with E-state index in [1.54, 1.807) is 0 Å². The van der Waals surface area contributed by atoms with Crippen LogP contribution in [0, 0.1) is 17.8 Å². The molecular weight excluding hydrogens is 174 g/mol. The van der Waals surface area contributed by atoms with Gasteiger partial charge in [0, 0.05) is 13.2 Å². The van der Waals surface area contributed by atoms with Gasteiger partial charge in [-0.3, -0.25) is 0 Å². The van der Waals surface area contributed by atoms with Crippen LogP contribution in [0.5, 0.6) is 0 Å². The summed E-state index contributed by atoms with van der Waals surface area (Å²) in [6, 6.07) is 0. The minimum Gasteiger partial charge on any atom is -0.381 e. The lowest BCUT2D eigenvalue weighted by Gasteiger charge is -2.30. The monoisotopic (exact) mass is 199 g/mol. The van der Waals surface area contributed by atoms with Gasteiger partial charge >= 0.3 is 0 Å². The molecule has 1 saturated carbocycles. The molecule has 0 bridgehead atoms. The first-order chi connectivity index (χ1) is 6.74. The van der Waals surface area contributed by atoms with Crippen LogP contribution in [0.4, 0.5) is 0 Å². The molecular formula is C12H25NO. The van der Waals surface area contributed by atoms with Crippen molar-refractivity contribution in [1.82, 2.24) is 0 Å². The highest BCUT2D eigenvalue weighted by Crippen LogP contribution is 2.29. The Hall–Kier alpha value is -0.0800. The maximum absolute atomic E-state index is 5.77. The summed E-state index contributed by atoms with van der Waals surface area (Å²) in [7, 11) is 0. The highest BCUT2D eigenvalue weighted by Gasteiger charge is 2.23. The SMILES string of the molecule is CC(C)COCC1CCCCC1CN. The second-order valence-corrected chi connectivity index (χ2v) is 4.97. The van der Waals surface area contributed by atoms with Crippen molar-refractivity contribution in [1.29, 1.82) is 0 Å². The minimum absolute atomic E-state index is 0.648. The van der Waals surface area contributed by atoms with E-state index >= 15 is 0 Å². The summed E-state index contributed by atoms with van der Waals surface area (Å²) in [6.45, 7) is 7.06. The molecule has 2 atom stereocenters. The summed E-state index contributed by atoms with van der Waals surface area (Å²) in [5.41, 5.74) is 5.77. The van der Waals surface area contributed by atoms with Crippen LogP contribution in [0.1, 0.15) is 39.5 Å². The van der Waals surface area contributed by atoms with Crippen LogP contribution in [0.3, 0.4) is 0 Å². The molecule has 1 rings (SSSR count). The molecule has 0 heterocycles. The zero-order valence-electron chi connectivity index (χ0n) is 9.67. The quantitative estimate of drug-likeness (QED) is 0.738. The van der Waals surface area contributed by atoms with Gasteiger partial charge in [0.25, 0.3) is 0 Å². The molecule has 2 unspecified atom stereocenters. The first-order valence-electron chi connectivity index (χ1n) is 6.01. The summed E-state index contributed by atoms with van der Waals surface area (Å²) in [5.74, 6) is 2.10. The van der Waals surface area contributed by atoms with Gasteiger partial charge in [0.15, 0.2) is 0 Å². The normalized spacial score (nSPS) is 28.3. The van der Waals surface area contributed by atoms with Crippen molar-refractivity contribution in [2.24, 2.45) is 23.5 Å². The Morgan fingerprint density at radius 3 is 2.43 bits per heavy atom. The Morgan fingerprint density at radius 2 is 1.86 bits per heavy atom. The van der Waals surface area contributed by atoms with Crippen LogP contribution in [0.25, 0.3) is 0 Å². The molecule has 84 valence electrons. The van der Waals surface area contributed by atoms with E-state index in [0.29, 0.717) is 5.92 Å². The van der Waals surface area contributed by atoms with E-state index in [4.69, 9.17) is 10.5 Å². The average Bonchev–Trinajstić information content (AvgIpc) is 2.18. The van der Waals surface area contributed by atoms with Gasteiger partial charge in [-0.05, 0) is 37.1 Å². The number of rotatable bonds is 5. The predicted octanol–water partition coefficient (Wildman–Crippen LogP) is 2.42. The topological polar surface area (TPSA) is 35.2 Å². The highest BCUT2D eigenvalue weighted by molar-refractivity contribution is 4.75. The minimum atomic E-state index is 0.648. The van der Waals surface area contributed by atoms with Crippen molar-refractivity contribution < 1.29 is 4.74 Å². The molecule has 0 aliphatic heterocycles. The molecule has 0 aromatic heterocycles. The van der Waals surface area contributed by atoms with Crippen LogP contribution in [-0.4, -0.2) is 19.8 Å². The van der Waals surface area contributed by atoms with Gasteiger partial charge in [-0.15, -0.1) is 0 Å². The summed E-state index contributed by atoms with van der Waals surface area (Å²) in [5, 5.41) is 0. The third kappa shape index (κ3) is 3.97. The molecule has 14 heavy (non-hydrogen) atoms. The van der Waals surface area contributed by atoms with E-state index in [2.05, 4.69) is 13.8 Å². The van der Waals surface area contributed by atoms with Crippen molar-refractivity contribution in [2.75, 3.05) is 19.8 Å². The molecule has 0 spiro atoms. The lowest BCUT2D eigenvalue weighted by molar-refractivity contribution is 0.0470. The van der Waals surface area contributed by atoms with E-state index < -0.39 is 0 Å². The molecule has 1 aliphatic rings. The molecule has 0 saturated heterocycles. The number of hydrogen-bond donors (Lipinski definition) is 1. The third-order valence-electron chi connectivity index (χ3n) is 3.15. The summed E-state index contributed by atoms with van der Waals surface area (Å²) >= 11 is 0. The number of ether oxygens (including phenoxy) is 1. The van der Waals surface area contributed by atoms with Crippen molar-refractivity contribution in [3.8, 4) is 0 Å². The smallest absolute Gasteiger partial charge is 0.0497 e. The summed E-state index contributed by atoms with van der Waals surface area (Å²) in [4.78, 5) is 0. The van der Waals surface area contributed by atoms with E-state index in [9.17, 15) is 0 Å². The van der Waals surface area contributed by atoms with Crippen LogP contribution in [0.2, 0.25) is 0 Å². The van der Waals surface area contributed by atoms with Crippen LogP contribution in [0.15, 0.2) is 0 Å². The van der Waals surface area contributed by atoms with Crippen molar-refractivity contribution in [3.05, 3.63) is 0 Å². The van der Waals surface area contributed by atoms with Gasteiger partial charge < -0.3 is 10.5 Å². The molecule has 0 aromatic carbocycles. The predicted molar refractivity (Wildman–Crippen MR) is 60.2 cm³/mol. The fourth-order valence-corrected chi connectivity index (χ4v) is 2.27. The van der Waals surface area contributed by atoms with E-state index in [0.717, 1.165) is 31.6 Å². The highest BCUT2D eigenvalue weighted by atomic mass is 16.5. The van der Waals surface area contributed by atoms with Gasteiger partial charge in [-0.1, -0.05) is 26.7 Å². The molecule has 0 amide bonds. The standard InChI is InChI=1S/C12H25NO/c1-10(2)8-14-9-12-6-4-3-5-11(12)7-13/h10-12H,3-9,13H2,1-2H3. The lowest BCUT2D eigenvalue weighted by atomic mass is 9.80. The van der Waals surface area contributed by atoms with Crippen LogP contribution >= 0.6 is 0 Å². The molecule has 0 radical (unpaired) electrons. The summed E-state index contributed by atoms with van der Waals surface area (Å²) in [6.07, 6.45) is 5.36. The second kappa shape index (κ2) is 6.41. The first kappa shape index (κ1) is 12.0. The van der Waals surface area contributed by atoms with Gasteiger partial charge in [0.05, 0.1) is 0 Å². The van der Waals surface area contributed by atoms with Crippen LogP contribution in [-0.2, 0) is 4.74 Å². The van der Waals surface area contributed by atoms with Gasteiger partial charge in [0.2, 0.25) is 0 Å². The molecule has 0 aromatic rings. The average molecular weight is 199 g/mol. The first-order valence-corrected chi connectivity index (χ1v) is 6.01. The third-order valence-corrected chi connectivity index (χ3v) is 3.15. The maximum atomic E-state index is 5.77. The Kier molecular flexibility index (Phi) is 5.49. The van der Waals surface area contributed by atoms with Gasteiger partial charge in [0.1, 0.15) is 0 Å². The zero-order valence-corrected chi connectivity index (χ0v) is 9.67. The Labute approximate surface area is 88.2 Å². The molecule has 2 nitrogen and oxygen atoms in total. The second-order valence-electron chi connectivity index (χ2n) is 4.97. The van der Waals surface area contributed by atoms with E-state index in [1.807, 2.05) is 0 Å². The maximum Gasteiger partial charge on any atom is 0.0497 e. The Morgan fingerprint density at radius 1 is 1.21 bits per heavy atom. The summed E-state index contributed by atoms with van der Waals surface area (Å²) < 4.78 is 5.71. The molecule has 1 aliphatic carbocycles. The fourth-order valence-electron chi connectivity index (χ4n) is 2.27. The van der Waals surface area contributed by atoms with Crippen molar-refractivity contribution >= 4 is 0 Å². The van der Waals surface area contributed by atoms with E-state index in [-0.39, 0.29) is 0 Å².